The van der Waals surface area contributed by atoms with Gasteiger partial charge in [-0.1, -0.05) is 17.7 Å². The Bertz CT molecular complexity index is 1320. The van der Waals surface area contributed by atoms with Crippen LogP contribution in [0.25, 0.3) is 22.3 Å². The molecule has 32 heavy (non-hydrogen) atoms. The standard InChI is InChI=1S/C22H19ClF2N6O/c23-19-17(32-18-3-1-2-14(26)20(18)27)5-4-15-21(19)30-16(9-28-15)13-8-29-31(11-13)10-12-6-22(24,25)7-12/h1-5,8-9,11-12H,6-7,10,26-27H2. The molecule has 7 nitrogen and oxygen atoms in total. The number of alkyl halides is 2. The summed E-state index contributed by atoms with van der Waals surface area (Å²) in [7, 11) is 0. The summed E-state index contributed by atoms with van der Waals surface area (Å²) in [5.41, 5.74) is 14.9. The molecule has 0 unspecified atom stereocenters. The molecule has 0 aliphatic heterocycles. The lowest BCUT2D eigenvalue weighted by Crippen LogP contribution is -2.37. The Morgan fingerprint density at radius 1 is 1.12 bits per heavy atom. The van der Waals surface area contributed by atoms with Gasteiger partial charge in [0, 0.05) is 31.1 Å². The summed E-state index contributed by atoms with van der Waals surface area (Å²) in [5, 5.41) is 4.56. The van der Waals surface area contributed by atoms with Crippen molar-refractivity contribution in [2.75, 3.05) is 11.5 Å². The average Bonchev–Trinajstić information content (AvgIpc) is 3.20. The number of nitrogen functional groups attached to an aromatic ring is 2. The Balaban J connectivity index is 1.42. The first-order valence-corrected chi connectivity index (χ1v) is 10.3. The first-order valence-electron chi connectivity index (χ1n) is 9.97. The summed E-state index contributed by atoms with van der Waals surface area (Å²) in [6.45, 7) is 0.441. The maximum Gasteiger partial charge on any atom is 0.248 e. The number of halogens is 3. The number of hydrogen-bond donors (Lipinski definition) is 2. The van der Waals surface area contributed by atoms with Crippen LogP contribution >= 0.6 is 11.6 Å². The van der Waals surface area contributed by atoms with Crippen LogP contribution in [0.1, 0.15) is 12.8 Å². The zero-order valence-corrected chi connectivity index (χ0v) is 17.6. The first-order chi connectivity index (χ1) is 15.3. The van der Waals surface area contributed by atoms with Gasteiger partial charge in [-0.25, -0.2) is 13.8 Å². The van der Waals surface area contributed by atoms with E-state index in [0.717, 1.165) is 0 Å². The molecule has 0 radical (unpaired) electrons. The summed E-state index contributed by atoms with van der Waals surface area (Å²) in [5.74, 6) is -1.87. The maximum atomic E-state index is 13.1. The molecule has 0 spiro atoms. The number of para-hydroxylation sites is 1. The van der Waals surface area contributed by atoms with E-state index in [9.17, 15) is 8.78 Å². The molecule has 1 aliphatic carbocycles. The lowest BCUT2D eigenvalue weighted by atomic mass is 9.81. The Hall–Kier alpha value is -3.46. The summed E-state index contributed by atoms with van der Waals surface area (Å²) in [6.07, 6.45) is 4.82. The van der Waals surface area contributed by atoms with Gasteiger partial charge in [0.05, 0.1) is 35.0 Å². The Morgan fingerprint density at radius 2 is 1.94 bits per heavy atom. The lowest BCUT2D eigenvalue weighted by molar-refractivity contribution is -0.114. The van der Waals surface area contributed by atoms with Crippen LogP contribution in [0.2, 0.25) is 5.02 Å². The highest BCUT2D eigenvalue weighted by Gasteiger charge is 2.45. The molecule has 4 aromatic rings. The fourth-order valence-electron chi connectivity index (χ4n) is 3.79. The lowest BCUT2D eigenvalue weighted by Gasteiger charge is -2.34. The van der Waals surface area contributed by atoms with Crippen molar-refractivity contribution in [3.8, 4) is 22.8 Å². The van der Waals surface area contributed by atoms with Gasteiger partial charge in [-0.3, -0.25) is 9.67 Å². The molecule has 5 rings (SSSR count). The smallest absolute Gasteiger partial charge is 0.248 e. The van der Waals surface area contributed by atoms with Gasteiger partial charge < -0.3 is 16.2 Å². The number of ether oxygens (including phenoxy) is 1. The van der Waals surface area contributed by atoms with Gasteiger partial charge in [-0.05, 0) is 30.2 Å². The molecule has 0 amide bonds. The third kappa shape index (κ3) is 3.80. The van der Waals surface area contributed by atoms with E-state index in [-0.39, 0.29) is 23.8 Å². The van der Waals surface area contributed by atoms with E-state index in [1.165, 1.54) is 0 Å². The van der Waals surface area contributed by atoms with Crippen molar-refractivity contribution in [3.05, 3.63) is 53.9 Å². The van der Waals surface area contributed by atoms with Crippen molar-refractivity contribution >= 4 is 34.0 Å². The molecule has 1 aliphatic rings. The SMILES string of the molecule is Nc1cccc(Oc2ccc3ncc(-c4cnn(CC5CC(F)(F)C5)c4)nc3c2Cl)c1N. The van der Waals surface area contributed by atoms with Crippen molar-refractivity contribution in [1.29, 1.82) is 0 Å². The Labute approximate surface area is 187 Å². The van der Waals surface area contributed by atoms with E-state index < -0.39 is 5.92 Å². The third-order valence-electron chi connectivity index (χ3n) is 5.49. The second-order valence-electron chi connectivity index (χ2n) is 7.94. The van der Waals surface area contributed by atoms with Gasteiger partial charge >= 0.3 is 0 Å². The minimum atomic E-state index is -2.54. The third-order valence-corrected chi connectivity index (χ3v) is 5.85. The molecular formula is C22H19ClF2N6O. The zero-order valence-electron chi connectivity index (χ0n) is 16.8. The molecule has 2 heterocycles. The van der Waals surface area contributed by atoms with Crippen LogP contribution in [0.3, 0.4) is 0 Å². The van der Waals surface area contributed by atoms with E-state index in [4.69, 9.17) is 27.8 Å². The number of anilines is 2. The summed E-state index contributed by atoms with van der Waals surface area (Å²) in [6, 6.07) is 8.54. The number of aromatic nitrogens is 4. The van der Waals surface area contributed by atoms with E-state index in [2.05, 4.69) is 15.1 Å². The highest BCUT2D eigenvalue weighted by molar-refractivity contribution is 6.36. The second-order valence-corrected chi connectivity index (χ2v) is 8.32. The molecule has 2 aromatic heterocycles. The number of rotatable bonds is 5. The normalized spacial score (nSPS) is 15.6. The van der Waals surface area contributed by atoms with Crippen LogP contribution in [0.15, 0.2) is 48.9 Å². The van der Waals surface area contributed by atoms with E-state index in [1.54, 1.807) is 53.6 Å². The molecule has 4 N–H and O–H groups in total. The van der Waals surface area contributed by atoms with Gasteiger partial charge in [0.15, 0.2) is 5.75 Å². The van der Waals surface area contributed by atoms with Crippen molar-refractivity contribution in [2.24, 2.45) is 5.92 Å². The van der Waals surface area contributed by atoms with Crippen LogP contribution in [0, 0.1) is 5.92 Å². The van der Waals surface area contributed by atoms with Gasteiger partial charge in [0.25, 0.3) is 0 Å². The van der Waals surface area contributed by atoms with Gasteiger partial charge in [-0.15, -0.1) is 0 Å². The number of benzene rings is 2. The van der Waals surface area contributed by atoms with Crippen LogP contribution < -0.4 is 16.2 Å². The van der Waals surface area contributed by atoms with Crippen LogP contribution in [-0.4, -0.2) is 25.7 Å². The van der Waals surface area contributed by atoms with Crippen molar-refractivity contribution < 1.29 is 13.5 Å². The molecule has 0 saturated heterocycles. The summed E-state index contributed by atoms with van der Waals surface area (Å²) < 4.78 is 33.7. The molecule has 0 bridgehead atoms. The molecule has 10 heteroatoms. The summed E-state index contributed by atoms with van der Waals surface area (Å²) >= 11 is 6.58. The average molecular weight is 457 g/mol. The molecule has 1 fully saturated rings. The van der Waals surface area contributed by atoms with Crippen LogP contribution in [0.5, 0.6) is 11.5 Å². The van der Waals surface area contributed by atoms with Crippen molar-refractivity contribution in [1.82, 2.24) is 19.7 Å². The minimum absolute atomic E-state index is 0.0750. The first kappa shape index (κ1) is 20.4. The van der Waals surface area contributed by atoms with Gasteiger partial charge in [0.2, 0.25) is 5.92 Å². The highest BCUT2D eigenvalue weighted by Crippen LogP contribution is 2.43. The van der Waals surface area contributed by atoms with Crippen LogP contribution in [-0.2, 0) is 6.54 Å². The largest absolute Gasteiger partial charge is 0.453 e. The number of nitrogens with zero attached hydrogens (tertiary/aromatic N) is 4. The summed E-state index contributed by atoms with van der Waals surface area (Å²) in [4.78, 5) is 9.06. The number of nitrogens with two attached hydrogens (primary N) is 2. The van der Waals surface area contributed by atoms with Gasteiger partial charge in [0.1, 0.15) is 16.3 Å². The zero-order chi connectivity index (χ0) is 22.5. The molecule has 0 atom stereocenters. The van der Waals surface area contributed by atoms with Crippen molar-refractivity contribution in [3.63, 3.8) is 0 Å². The second kappa shape index (κ2) is 7.59. The molecule has 164 valence electrons. The number of hydrogen-bond acceptors (Lipinski definition) is 6. The highest BCUT2D eigenvalue weighted by atomic mass is 35.5. The Morgan fingerprint density at radius 3 is 2.72 bits per heavy atom. The quantitative estimate of drug-likeness (QED) is 0.402. The molecular weight excluding hydrogens is 438 g/mol. The van der Waals surface area contributed by atoms with E-state index >= 15 is 0 Å². The molecule has 2 aromatic carbocycles. The number of fused-ring (bicyclic) bond motifs is 1. The molecule has 1 saturated carbocycles. The minimum Gasteiger partial charge on any atom is -0.453 e. The van der Waals surface area contributed by atoms with Gasteiger partial charge in [-0.2, -0.15) is 5.10 Å². The predicted molar refractivity (Wildman–Crippen MR) is 119 cm³/mol. The van der Waals surface area contributed by atoms with E-state index in [1.807, 2.05) is 0 Å². The monoisotopic (exact) mass is 456 g/mol. The fourth-order valence-corrected chi connectivity index (χ4v) is 4.03. The fraction of sp³-hybridized carbons (Fsp3) is 0.227. The maximum absolute atomic E-state index is 13.1. The predicted octanol–water partition coefficient (Wildman–Crippen LogP) is 5.15. The van der Waals surface area contributed by atoms with E-state index in [0.29, 0.717) is 51.7 Å². The topological polar surface area (TPSA) is 105 Å². The Kier molecular flexibility index (Phi) is 4.85. The van der Waals surface area contributed by atoms with Crippen molar-refractivity contribution in [2.45, 2.75) is 25.3 Å². The van der Waals surface area contributed by atoms with Crippen LogP contribution in [0.4, 0.5) is 20.2 Å².